The zero-order chi connectivity index (χ0) is 22.5. The lowest BCUT2D eigenvalue weighted by Gasteiger charge is -2.04. The molecule has 1 amide bonds. The summed E-state index contributed by atoms with van der Waals surface area (Å²) < 4.78 is 7.96. The molecule has 0 atom stereocenters. The van der Waals surface area contributed by atoms with Crippen LogP contribution in [0.2, 0.25) is 0 Å². The molecule has 0 unspecified atom stereocenters. The third-order valence-corrected chi connectivity index (χ3v) is 6.20. The lowest BCUT2D eigenvalue weighted by atomic mass is 10.0. The molecule has 0 aliphatic carbocycles. The van der Waals surface area contributed by atoms with Crippen LogP contribution in [0.1, 0.15) is 45.7 Å². The van der Waals surface area contributed by atoms with Crippen LogP contribution >= 0.6 is 11.3 Å². The Labute approximate surface area is 190 Å². The number of hydrogen-bond acceptors (Lipinski definition) is 4. The molecule has 0 saturated carbocycles. The number of esters is 1. The quantitative estimate of drug-likeness (QED) is 0.383. The molecule has 1 heterocycles. The van der Waals surface area contributed by atoms with Gasteiger partial charge in [0, 0.05) is 12.1 Å². The first kappa shape index (κ1) is 21.7. The van der Waals surface area contributed by atoms with Gasteiger partial charge in [-0.05, 0) is 61.7 Å². The van der Waals surface area contributed by atoms with Crippen molar-refractivity contribution in [2.75, 3.05) is 6.61 Å². The van der Waals surface area contributed by atoms with Gasteiger partial charge in [0.1, 0.15) is 0 Å². The van der Waals surface area contributed by atoms with E-state index in [-0.39, 0.29) is 11.9 Å². The van der Waals surface area contributed by atoms with E-state index in [0.717, 1.165) is 22.2 Å². The van der Waals surface area contributed by atoms with Crippen molar-refractivity contribution in [3.05, 3.63) is 99.9 Å². The smallest absolute Gasteiger partial charge is 0.338 e. The maximum absolute atomic E-state index is 12.8. The van der Waals surface area contributed by atoms with Crippen molar-refractivity contribution < 1.29 is 14.3 Å². The van der Waals surface area contributed by atoms with E-state index in [2.05, 4.69) is 17.1 Å². The molecule has 4 aromatic rings. The Hall–Kier alpha value is -3.51. The molecule has 0 bridgehead atoms. The Bertz CT molecular complexity index is 1320. The summed E-state index contributed by atoms with van der Waals surface area (Å²) in [5, 5.41) is 0. The lowest BCUT2D eigenvalue weighted by molar-refractivity contribution is 0.0526. The molecule has 162 valence electrons. The van der Waals surface area contributed by atoms with Crippen molar-refractivity contribution in [1.82, 2.24) is 4.57 Å². The third kappa shape index (κ3) is 4.70. The second-order valence-corrected chi connectivity index (χ2v) is 8.32. The topological polar surface area (TPSA) is 60.7 Å². The zero-order valence-electron chi connectivity index (χ0n) is 18.1. The van der Waals surface area contributed by atoms with Gasteiger partial charge in [-0.25, -0.2) is 4.79 Å². The Morgan fingerprint density at radius 3 is 2.28 bits per heavy atom. The van der Waals surface area contributed by atoms with Crippen molar-refractivity contribution in [2.45, 2.75) is 26.8 Å². The normalized spacial score (nSPS) is 11.6. The van der Waals surface area contributed by atoms with E-state index in [1.54, 1.807) is 19.1 Å². The van der Waals surface area contributed by atoms with Crippen LogP contribution in [0.3, 0.4) is 0 Å². The number of hydrogen-bond donors (Lipinski definition) is 0. The van der Waals surface area contributed by atoms with Crippen molar-refractivity contribution in [3.63, 3.8) is 0 Å². The summed E-state index contributed by atoms with van der Waals surface area (Å²) in [6.45, 7) is 4.78. The average Bonchev–Trinajstić information content (AvgIpc) is 3.16. The summed E-state index contributed by atoms with van der Waals surface area (Å²) >= 11 is 1.39. The molecule has 0 spiro atoms. The number of fused-ring (bicyclic) bond motifs is 1. The van der Waals surface area contributed by atoms with E-state index in [0.29, 0.717) is 29.1 Å². The predicted molar refractivity (Wildman–Crippen MR) is 127 cm³/mol. The fourth-order valence-corrected chi connectivity index (χ4v) is 4.69. The fourth-order valence-electron chi connectivity index (χ4n) is 3.55. The lowest BCUT2D eigenvalue weighted by Crippen LogP contribution is -2.15. The van der Waals surface area contributed by atoms with E-state index >= 15 is 0 Å². The number of carbonyl (C=O) groups is 2. The standard InChI is InChI=1S/C26H24N2O3S/c1-3-28-22-15-14-21(25(30)31-4-2)17-23(22)32-26(28)27-24(29)20-12-10-19(11-13-20)16-18-8-6-5-7-9-18/h5-15,17H,3-4,16H2,1-2H3. The number of ether oxygens (including phenoxy) is 1. The van der Waals surface area contributed by atoms with Crippen LogP contribution < -0.4 is 4.80 Å². The molecule has 0 saturated heterocycles. The number of nitrogens with zero attached hydrogens (tertiary/aromatic N) is 2. The van der Waals surface area contributed by atoms with Gasteiger partial charge in [-0.15, -0.1) is 0 Å². The molecule has 5 nitrogen and oxygen atoms in total. The van der Waals surface area contributed by atoms with E-state index < -0.39 is 0 Å². The minimum Gasteiger partial charge on any atom is -0.462 e. The largest absolute Gasteiger partial charge is 0.462 e. The molecule has 0 radical (unpaired) electrons. The molecular weight excluding hydrogens is 420 g/mol. The molecular formula is C26H24N2O3S. The van der Waals surface area contributed by atoms with Crippen molar-refractivity contribution >= 4 is 33.4 Å². The molecule has 4 rings (SSSR count). The number of benzene rings is 3. The van der Waals surface area contributed by atoms with Crippen LogP contribution in [-0.2, 0) is 17.7 Å². The Morgan fingerprint density at radius 1 is 0.906 bits per heavy atom. The molecule has 3 aromatic carbocycles. The predicted octanol–water partition coefficient (Wildman–Crippen LogP) is 5.23. The highest BCUT2D eigenvalue weighted by Gasteiger charge is 2.12. The van der Waals surface area contributed by atoms with Crippen LogP contribution in [0, 0.1) is 0 Å². The third-order valence-electron chi connectivity index (χ3n) is 5.16. The van der Waals surface area contributed by atoms with E-state index in [4.69, 9.17) is 4.74 Å². The Kier molecular flexibility index (Phi) is 6.61. The SMILES string of the molecule is CCOC(=O)c1ccc2c(c1)sc(=NC(=O)c1ccc(Cc3ccccc3)cc1)n2CC. The van der Waals surface area contributed by atoms with Crippen LogP contribution in [-0.4, -0.2) is 23.1 Å². The van der Waals surface area contributed by atoms with E-state index in [1.807, 2.05) is 60.0 Å². The maximum atomic E-state index is 12.8. The number of thiazole rings is 1. The molecule has 32 heavy (non-hydrogen) atoms. The van der Waals surface area contributed by atoms with Crippen molar-refractivity contribution in [2.24, 2.45) is 4.99 Å². The first-order chi connectivity index (χ1) is 15.6. The van der Waals surface area contributed by atoms with Crippen LogP contribution in [0.25, 0.3) is 10.2 Å². The minimum absolute atomic E-state index is 0.282. The van der Waals surface area contributed by atoms with Gasteiger partial charge < -0.3 is 9.30 Å². The van der Waals surface area contributed by atoms with Crippen LogP contribution in [0.5, 0.6) is 0 Å². The number of carbonyl (C=O) groups excluding carboxylic acids is 2. The second-order valence-electron chi connectivity index (χ2n) is 7.31. The average molecular weight is 445 g/mol. The summed E-state index contributed by atoms with van der Waals surface area (Å²) in [7, 11) is 0. The van der Waals surface area contributed by atoms with Gasteiger partial charge in [0.05, 0.1) is 22.4 Å². The summed E-state index contributed by atoms with van der Waals surface area (Å²) in [5.41, 5.74) is 4.36. The number of aryl methyl sites for hydroxylation is 1. The summed E-state index contributed by atoms with van der Waals surface area (Å²) in [4.78, 5) is 29.9. The van der Waals surface area contributed by atoms with Crippen LogP contribution in [0.4, 0.5) is 0 Å². The highest BCUT2D eigenvalue weighted by molar-refractivity contribution is 7.16. The summed E-state index contributed by atoms with van der Waals surface area (Å²) in [6.07, 6.45) is 0.821. The monoisotopic (exact) mass is 444 g/mol. The fraction of sp³-hybridized carbons (Fsp3) is 0.192. The minimum atomic E-state index is -0.351. The molecule has 0 aliphatic heterocycles. The van der Waals surface area contributed by atoms with E-state index in [1.165, 1.54) is 16.9 Å². The highest BCUT2D eigenvalue weighted by Crippen LogP contribution is 2.20. The Morgan fingerprint density at radius 2 is 1.59 bits per heavy atom. The van der Waals surface area contributed by atoms with Gasteiger partial charge in [0.2, 0.25) is 0 Å². The van der Waals surface area contributed by atoms with Gasteiger partial charge in [0.25, 0.3) is 5.91 Å². The first-order valence-electron chi connectivity index (χ1n) is 10.6. The van der Waals surface area contributed by atoms with Crippen molar-refractivity contribution in [1.29, 1.82) is 0 Å². The van der Waals surface area contributed by atoms with Crippen molar-refractivity contribution in [3.8, 4) is 0 Å². The van der Waals surface area contributed by atoms with Gasteiger partial charge in [-0.3, -0.25) is 4.79 Å². The van der Waals surface area contributed by atoms with Crippen LogP contribution in [0.15, 0.2) is 77.8 Å². The summed E-state index contributed by atoms with van der Waals surface area (Å²) in [6, 6.07) is 23.2. The van der Waals surface area contributed by atoms with Gasteiger partial charge in [-0.2, -0.15) is 4.99 Å². The van der Waals surface area contributed by atoms with E-state index in [9.17, 15) is 9.59 Å². The molecule has 1 aromatic heterocycles. The summed E-state index contributed by atoms with van der Waals surface area (Å²) in [5.74, 6) is -0.633. The Balaban J connectivity index is 1.61. The molecule has 0 aliphatic rings. The molecule has 0 N–H and O–H groups in total. The molecule has 6 heteroatoms. The second kappa shape index (κ2) is 9.75. The zero-order valence-corrected chi connectivity index (χ0v) is 18.9. The first-order valence-corrected chi connectivity index (χ1v) is 11.4. The number of rotatable bonds is 6. The molecule has 0 fully saturated rings. The van der Waals surface area contributed by atoms with Gasteiger partial charge in [0.15, 0.2) is 4.80 Å². The highest BCUT2D eigenvalue weighted by atomic mass is 32.1. The van der Waals surface area contributed by atoms with Gasteiger partial charge >= 0.3 is 5.97 Å². The maximum Gasteiger partial charge on any atom is 0.338 e. The number of aromatic nitrogens is 1. The van der Waals surface area contributed by atoms with Gasteiger partial charge in [-0.1, -0.05) is 53.8 Å². The number of amides is 1.